The number of hydrogen-bond acceptors (Lipinski definition) is 4. The Morgan fingerprint density at radius 3 is 2.47 bits per heavy atom. The highest BCUT2D eigenvalue weighted by molar-refractivity contribution is 5.78. The van der Waals surface area contributed by atoms with Gasteiger partial charge in [-0.2, -0.15) is 0 Å². The van der Waals surface area contributed by atoms with Gasteiger partial charge in [0, 0.05) is 32.4 Å². The van der Waals surface area contributed by atoms with E-state index in [-0.39, 0.29) is 11.4 Å². The van der Waals surface area contributed by atoms with Crippen molar-refractivity contribution in [1.29, 1.82) is 0 Å². The molecule has 17 heavy (non-hydrogen) atoms. The van der Waals surface area contributed by atoms with E-state index in [2.05, 4.69) is 10.6 Å². The predicted molar refractivity (Wildman–Crippen MR) is 68.1 cm³/mol. The van der Waals surface area contributed by atoms with Crippen LogP contribution in [0.4, 0.5) is 0 Å². The zero-order valence-corrected chi connectivity index (χ0v) is 11.5. The highest BCUT2D eigenvalue weighted by Crippen LogP contribution is 1.96. The highest BCUT2D eigenvalue weighted by Gasteiger charge is 2.12. The molecule has 0 heterocycles. The Hall–Kier alpha value is -0.650. The summed E-state index contributed by atoms with van der Waals surface area (Å²) in [5.74, 6) is 0.0110. The van der Waals surface area contributed by atoms with Crippen LogP contribution >= 0.6 is 0 Å². The van der Waals surface area contributed by atoms with Gasteiger partial charge in [-0.1, -0.05) is 0 Å². The second kappa shape index (κ2) is 9.39. The minimum Gasteiger partial charge on any atom is -0.385 e. The number of rotatable bonds is 9. The Morgan fingerprint density at radius 1 is 1.18 bits per heavy atom. The smallest absolute Gasteiger partial charge is 0.234 e. The third-order valence-corrected chi connectivity index (χ3v) is 1.86. The van der Waals surface area contributed by atoms with Crippen molar-refractivity contribution in [2.24, 2.45) is 0 Å². The molecular weight excluding hydrogens is 220 g/mol. The Morgan fingerprint density at radius 2 is 1.88 bits per heavy atom. The van der Waals surface area contributed by atoms with Crippen LogP contribution in [-0.4, -0.2) is 51.5 Å². The summed E-state index contributed by atoms with van der Waals surface area (Å²) in [5, 5.41) is 5.91. The fourth-order valence-corrected chi connectivity index (χ4v) is 1.22. The van der Waals surface area contributed by atoms with Crippen molar-refractivity contribution in [3.8, 4) is 0 Å². The first-order valence-corrected chi connectivity index (χ1v) is 6.04. The molecule has 0 atom stereocenters. The Labute approximate surface area is 104 Å². The van der Waals surface area contributed by atoms with E-state index < -0.39 is 0 Å². The van der Waals surface area contributed by atoms with Crippen LogP contribution in [0.1, 0.15) is 27.2 Å². The molecule has 0 aromatic carbocycles. The van der Waals surface area contributed by atoms with Crippen LogP contribution in [0.3, 0.4) is 0 Å². The molecule has 5 heteroatoms. The van der Waals surface area contributed by atoms with Gasteiger partial charge in [0.25, 0.3) is 0 Å². The number of amides is 1. The summed E-state index contributed by atoms with van der Waals surface area (Å²) in [6, 6.07) is 0. The Balaban J connectivity index is 3.25. The molecule has 0 fully saturated rings. The zero-order valence-electron chi connectivity index (χ0n) is 11.5. The van der Waals surface area contributed by atoms with Crippen molar-refractivity contribution in [2.45, 2.75) is 32.7 Å². The van der Waals surface area contributed by atoms with E-state index in [1.54, 1.807) is 7.11 Å². The van der Waals surface area contributed by atoms with Crippen LogP contribution in [0, 0.1) is 0 Å². The molecule has 0 radical (unpaired) electrons. The quantitative estimate of drug-likeness (QED) is 0.583. The second-order valence-corrected chi connectivity index (χ2v) is 4.93. The molecule has 0 saturated heterocycles. The van der Waals surface area contributed by atoms with E-state index in [1.165, 1.54) is 0 Å². The molecule has 0 spiro atoms. The van der Waals surface area contributed by atoms with E-state index in [9.17, 15) is 4.79 Å². The number of ether oxygens (including phenoxy) is 2. The maximum Gasteiger partial charge on any atom is 0.234 e. The van der Waals surface area contributed by atoms with Gasteiger partial charge in [0.1, 0.15) is 0 Å². The highest BCUT2D eigenvalue weighted by atomic mass is 16.5. The third-order valence-electron chi connectivity index (χ3n) is 1.86. The van der Waals surface area contributed by atoms with Gasteiger partial charge in [0.15, 0.2) is 0 Å². The van der Waals surface area contributed by atoms with E-state index in [4.69, 9.17) is 9.47 Å². The summed E-state index contributed by atoms with van der Waals surface area (Å²) in [4.78, 5) is 11.4. The van der Waals surface area contributed by atoms with E-state index in [0.717, 1.165) is 13.0 Å². The summed E-state index contributed by atoms with van der Waals surface area (Å²) in [7, 11) is 1.68. The fourth-order valence-electron chi connectivity index (χ4n) is 1.22. The molecule has 0 aromatic heterocycles. The average Bonchev–Trinajstić information content (AvgIpc) is 2.19. The molecule has 0 aliphatic carbocycles. The van der Waals surface area contributed by atoms with Gasteiger partial charge in [0.2, 0.25) is 5.91 Å². The van der Waals surface area contributed by atoms with Crippen molar-refractivity contribution in [1.82, 2.24) is 10.6 Å². The molecule has 0 aromatic rings. The summed E-state index contributed by atoms with van der Waals surface area (Å²) < 4.78 is 10.2. The van der Waals surface area contributed by atoms with Crippen LogP contribution in [0.5, 0.6) is 0 Å². The van der Waals surface area contributed by atoms with Crippen LogP contribution in [-0.2, 0) is 14.3 Å². The molecule has 5 nitrogen and oxygen atoms in total. The average molecular weight is 246 g/mol. The lowest BCUT2D eigenvalue weighted by atomic mass is 10.1. The monoisotopic (exact) mass is 246 g/mol. The van der Waals surface area contributed by atoms with Crippen LogP contribution in [0.15, 0.2) is 0 Å². The maximum atomic E-state index is 11.4. The van der Waals surface area contributed by atoms with Crippen molar-refractivity contribution in [2.75, 3.05) is 40.0 Å². The van der Waals surface area contributed by atoms with Crippen molar-refractivity contribution >= 4 is 5.91 Å². The molecule has 0 bridgehead atoms. The van der Waals surface area contributed by atoms with E-state index in [1.807, 2.05) is 20.8 Å². The molecule has 0 aliphatic rings. The van der Waals surface area contributed by atoms with Crippen molar-refractivity contribution < 1.29 is 14.3 Å². The summed E-state index contributed by atoms with van der Waals surface area (Å²) >= 11 is 0. The molecule has 1 amide bonds. The molecular formula is C12H26N2O3. The van der Waals surface area contributed by atoms with Gasteiger partial charge < -0.3 is 20.1 Å². The van der Waals surface area contributed by atoms with Crippen LogP contribution < -0.4 is 10.6 Å². The van der Waals surface area contributed by atoms with E-state index >= 15 is 0 Å². The summed E-state index contributed by atoms with van der Waals surface area (Å²) in [6.45, 7) is 8.94. The first kappa shape index (κ1) is 16.4. The maximum absolute atomic E-state index is 11.4. The predicted octanol–water partition coefficient (Wildman–Crippen LogP) is 0.544. The van der Waals surface area contributed by atoms with Gasteiger partial charge in [0.05, 0.1) is 13.2 Å². The molecule has 0 aliphatic heterocycles. The lowest BCUT2D eigenvalue weighted by molar-refractivity contribution is -0.121. The van der Waals surface area contributed by atoms with Crippen LogP contribution in [0.2, 0.25) is 0 Å². The minimum atomic E-state index is -0.171. The first-order valence-electron chi connectivity index (χ1n) is 6.04. The normalized spacial score (nSPS) is 11.5. The number of hydrogen-bond donors (Lipinski definition) is 2. The second-order valence-electron chi connectivity index (χ2n) is 4.93. The summed E-state index contributed by atoms with van der Waals surface area (Å²) in [5.41, 5.74) is -0.171. The number of nitrogens with one attached hydrogen (secondary N) is 2. The van der Waals surface area contributed by atoms with Gasteiger partial charge in [-0.15, -0.1) is 0 Å². The lowest BCUT2D eigenvalue weighted by Crippen LogP contribution is -2.45. The van der Waals surface area contributed by atoms with Gasteiger partial charge in [-0.25, -0.2) is 0 Å². The minimum absolute atomic E-state index is 0.0110. The van der Waals surface area contributed by atoms with E-state index in [0.29, 0.717) is 26.3 Å². The Bertz CT molecular complexity index is 202. The van der Waals surface area contributed by atoms with Crippen molar-refractivity contribution in [3.63, 3.8) is 0 Å². The van der Waals surface area contributed by atoms with Gasteiger partial charge >= 0.3 is 0 Å². The molecule has 0 saturated carbocycles. The molecule has 102 valence electrons. The molecule has 0 unspecified atom stereocenters. The number of carbonyl (C=O) groups is 1. The number of carbonyl (C=O) groups excluding carboxylic acids is 1. The third kappa shape index (κ3) is 13.3. The van der Waals surface area contributed by atoms with Gasteiger partial charge in [-0.05, 0) is 27.2 Å². The SMILES string of the molecule is COCCCOCCNCC(=O)NC(C)(C)C. The first-order chi connectivity index (χ1) is 7.95. The van der Waals surface area contributed by atoms with Crippen molar-refractivity contribution in [3.05, 3.63) is 0 Å². The van der Waals surface area contributed by atoms with Gasteiger partial charge in [-0.3, -0.25) is 4.79 Å². The molecule has 0 rings (SSSR count). The summed E-state index contributed by atoms with van der Waals surface area (Å²) in [6.07, 6.45) is 0.904. The topological polar surface area (TPSA) is 59.6 Å². The van der Waals surface area contributed by atoms with Crippen LogP contribution in [0.25, 0.3) is 0 Å². The fraction of sp³-hybridized carbons (Fsp3) is 0.917. The largest absolute Gasteiger partial charge is 0.385 e. The number of methoxy groups -OCH3 is 1. The zero-order chi connectivity index (χ0) is 13.1. The molecule has 2 N–H and O–H groups in total. The standard InChI is InChI=1S/C12H26N2O3/c1-12(2,3)14-11(15)10-13-6-9-17-8-5-7-16-4/h13H,5-10H2,1-4H3,(H,14,15). The lowest BCUT2D eigenvalue weighted by Gasteiger charge is -2.20. The Kier molecular flexibility index (Phi) is 9.03.